The normalized spacial score (nSPS) is 12.4. The summed E-state index contributed by atoms with van der Waals surface area (Å²) in [6.45, 7) is 3.92. The van der Waals surface area contributed by atoms with Crippen molar-refractivity contribution < 1.29 is 17.9 Å². The molecule has 0 aromatic heterocycles. The number of rotatable bonds is 8. The molecule has 1 rings (SSSR count). The average molecular weight is 380 g/mol. The van der Waals surface area contributed by atoms with E-state index in [4.69, 9.17) is 10.5 Å². The molecule has 1 aromatic carbocycles. The van der Waals surface area contributed by atoms with Crippen molar-refractivity contribution in [1.82, 2.24) is 9.62 Å². The summed E-state index contributed by atoms with van der Waals surface area (Å²) < 4.78 is 31.7. The average Bonchev–Trinajstić information content (AvgIpc) is 2.57. The highest BCUT2D eigenvalue weighted by Crippen LogP contribution is 2.24. The van der Waals surface area contributed by atoms with Crippen molar-refractivity contribution in [3.8, 4) is 5.75 Å². The zero-order valence-electron chi connectivity index (χ0n) is 14.4. The van der Waals surface area contributed by atoms with Crippen LogP contribution in [0.25, 0.3) is 0 Å². The molecular weight excluding hydrogens is 354 g/mol. The quantitative estimate of drug-likeness (QED) is 0.704. The van der Waals surface area contributed by atoms with Crippen LogP contribution >= 0.6 is 12.4 Å². The standard InChI is InChI=1S/C15H25N3O4S.ClH/c1-5-15(19)17-10-12-8-13(6-7-14(12)22-4)23(20,21)18(3)11(2)9-16;/h6-8,11H,5,9-10,16H2,1-4H3,(H,17,19);1H. The molecule has 3 N–H and O–H groups in total. The van der Waals surface area contributed by atoms with Gasteiger partial charge in [0, 0.05) is 38.2 Å². The highest BCUT2D eigenvalue weighted by atomic mass is 35.5. The van der Waals surface area contributed by atoms with Gasteiger partial charge < -0.3 is 15.8 Å². The molecule has 0 aliphatic heterocycles. The number of nitrogens with two attached hydrogens (primary N) is 1. The molecule has 0 fully saturated rings. The van der Waals surface area contributed by atoms with Gasteiger partial charge in [0.15, 0.2) is 0 Å². The third-order valence-electron chi connectivity index (χ3n) is 3.69. The number of nitrogens with zero attached hydrogens (tertiary/aromatic N) is 1. The second-order valence-electron chi connectivity index (χ2n) is 5.21. The predicted octanol–water partition coefficient (Wildman–Crippen LogP) is 1.11. The summed E-state index contributed by atoms with van der Waals surface area (Å²) in [7, 11) is -0.664. The number of hydrogen-bond donors (Lipinski definition) is 2. The van der Waals surface area contributed by atoms with Gasteiger partial charge in [-0.15, -0.1) is 12.4 Å². The lowest BCUT2D eigenvalue weighted by atomic mass is 10.2. The topological polar surface area (TPSA) is 102 Å². The van der Waals surface area contributed by atoms with Crippen LogP contribution < -0.4 is 15.8 Å². The van der Waals surface area contributed by atoms with E-state index in [-0.39, 0.29) is 42.3 Å². The SMILES string of the molecule is CCC(=O)NCc1cc(S(=O)(=O)N(C)C(C)CN)ccc1OC.Cl. The summed E-state index contributed by atoms with van der Waals surface area (Å²) >= 11 is 0. The fourth-order valence-electron chi connectivity index (χ4n) is 1.92. The van der Waals surface area contributed by atoms with Crippen LogP contribution in [0.2, 0.25) is 0 Å². The zero-order chi connectivity index (χ0) is 17.6. The Hall–Kier alpha value is -1.35. The first-order valence-corrected chi connectivity index (χ1v) is 8.83. The Bertz CT molecular complexity index is 652. The summed E-state index contributed by atoms with van der Waals surface area (Å²) in [4.78, 5) is 11.6. The van der Waals surface area contributed by atoms with E-state index in [1.54, 1.807) is 19.9 Å². The van der Waals surface area contributed by atoms with Crippen LogP contribution in [0.5, 0.6) is 5.75 Å². The van der Waals surface area contributed by atoms with Crippen LogP contribution in [0, 0.1) is 0 Å². The van der Waals surface area contributed by atoms with E-state index >= 15 is 0 Å². The van der Waals surface area contributed by atoms with Gasteiger partial charge in [0.05, 0.1) is 12.0 Å². The Morgan fingerprint density at radius 2 is 2.04 bits per heavy atom. The fourth-order valence-corrected chi connectivity index (χ4v) is 3.35. The molecule has 0 bridgehead atoms. The largest absolute Gasteiger partial charge is 0.496 e. The lowest BCUT2D eigenvalue weighted by molar-refractivity contribution is -0.120. The smallest absolute Gasteiger partial charge is 0.243 e. The molecule has 7 nitrogen and oxygen atoms in total. The van der Waals surface area contributed by atoms with Crippen LogP contribution in [0.15, 0.2) is 23.1 Å². The number of amides is 1. The first-order valence-electron chi connectivity index (χ1n) is 7.39. The van der Waals surface area contributed by atoms with Gasteiger partial charge in [0.1, 0.15) is 5.75 Å². The van der Waals surface area contributed by atoms with Crippen LogP contribution in [0.3, 0.4) is 0 Å². The maximum absolute atomic E-state index is 12.6. The third kappa shape index (κ3) is 5.34. The number of ether oxygens (including phenoxy) is 1. The Balaban J connectivity index is 0.00000529. The molecule has 1 unspecified atom stereocenters. The van der Waals surface area contributed by atoms with Crippen molar-refractivity contribution >= 4 is 28.3 Å². The Labute approximate surface area is 150 Å². The Morgan fingerprint density at radius 3 is 2.54 bits per heavy atom. The van der Waals surface area contributed by atoms with Crippen molar-refractivity contribution in [2.24, 2.45) is 5.73 Å². The molecule has 0 spiro atoms. The van der Waals surface area contributed by atoms with E-state index < -0.39 is 10.0 Å². The predicted molar refractivity (Wildman–Crippen MR) is 95.8 cm³/mol. The minimum Gasteiger partial charge on any atom is -0.496 e. The molecular formula is C15H26ClN3O4S. The van der Waals surface area contributed by atoms with Gasteiger partial charge in [-0.2, -0.15) is 4.31 Å². The Kier molecular flexibility index (Phi) is 9.27. The van der Waals surface area contributed by atoms with Gasteiger partial charge >= 0.3 is 0 Å². The first kappa shape index (κ1) is 22.6. The monoisotopic (exact) mass is 379 g/mol. The van der Waals surface area contributed by atoms with Crippen LogP contribution in [0.4, 0.5) is 0 Å². The lowest BCUT2D eigenvalue weighted by Gasteiger charge is -2.23. The number of nitrogens with one attached hydrogen (secondary N) is 1. The van der Waals surface area contributed by atoms with Crippen molar-refractivity contribution in [3.05, 3.63) is 23.8 Å². The van der Waals surface area contributed by atoms with Crippen molar-refractivity contribution in [1.29, 1.82) is 0 Å². The van der Waals surface area contributed by atoms with Crippen LogP contribution in [0.1, 0.15) is 25.8 Å². The zero-order valence-corrected chi connectivity index (χ0v) is 16.0. The van der Waals surface area contributed by atoms with Crippen LogP contribution in [-0.4, -0.2) is 45.4 Å². The van der Waals surface area contributed by atoms with Gasteiger partial charge in [-0.25, -0.2) is 8.42 Å². The highest BCUT2D eigenvalue weighted by molar-refractivity contribution is 7.89. The molecule has 0 aliphatic carbocycles. The highest BCUT2D eigenvalue weighted by Gasteiger charge is 2.25. The maximum Gasteiger partial charge on any atom is 0.243 e. The van der Waals surface area contributed by atoms with Gasteiger partial charge in [-0.05, 0) is 25.1 Å². The van der Waals surface area contributed by atoms with Crippen LogP contribution in [-0.2, 0) is 21.4 Å². The molecule has 0 heterocycles. The van der Waals surface area contributed by atoms with Gasteiger partial charge in [-0.3, -0.25) is 4.79 Å². The summed E-state index contributed by atoms with van der Waals surface area (Å²) in [6, 6.07) is 4.27. The number of hydrogen-bond acceptors (Lipinski definition) is 5. The maximum atomic E-state index is 12.6. The summed E-state index contributed by atoms with van der Waals surface area (Å²) in [5, 5.41) is 2.72. The van der Waals surface area contributed by atoms with Gasteiger partial charge in [0.2, 0.25) is 15.9 Å². The molecule has 0 saturated heterocycles. The van der Waals surface area contributed by atoms with E-state index in [9.17, 15) is 13.2 Å². The number of halogens is 1. The molecule has 1 atom stereocenters. The molecule has 9 heteroatoms. The molecule has 24 heavy (non-hydrogen) atoms. The van der Waals surface area contributed by atoms with Crippen molar-refractivity contribution in [2.75, 3.05) is 20.7 Å². The summed E-state index contributed by atoms with van der Waals surface area (Å²) in [6.07, 6.45) is 0.358. The van der Waals surface area contributed by atoms with E-state index in [0.717, 1.165) is 0 Å². The molecule has 1 aromatic rings. The molecule has 138 valence electrons. The molecule has 1 amide bonds. The second-order valence-corrected chi connectivity index (χ2v) is 7.21. The number of methoxy groups -OCH3 is 1. The summed E-state index contributed by atoms with van der Waals surface area (Å²) in [5.41, 5.74) is 6.15. The molecule has 0 saturated carbocycles. The summed E-state index contributed by atoms with van der Waals surface area (Å²) in [5.74, 6) is 0.407. The first-order chi connectivity index (χ1) is 10.8. The van der Waals surface area contributed by atoms with Crippen molar-refractivity contribution in [3.63, 3.8) is 0 Å². The van der Waals surface area contributed by atoms with E-state index in [1.807, 2.05) is 0 Å². The van der Waals surface area contributed by atoms with E-state index in [1.165, 1.54) is 30.6 Å². The van der Waals surface area contributed by atoms with E-state index in [2.05, 4.69) is 5.32 Å². The number of carbonyl (C=O) groups is 1. The molecule has 0 radical (unpaired) electrons. The lowest BCUT2D eigenvalue weighted by Crippen LogP contribution is -2.39. The fraction of sp³-hybridized carbons (Fsp3) is 0.533. The molecule has 0 aliphatic rings. The van der Waals surface area contributed by atoms with Gasteiger partial charge in [0.25, 0.3) is 0 Å². The number of likely N-dealkylation sites (N-methyl/N-ethyl adjacent to an activating group) is 1. The third-order valence-corrected chi connectivity index (χ3v) is 5.66. The number of sulfonamides is 1. The number of benzene rings is 1. The van der Waals surface area contributed by atoms with Crippen molar-refractivity contribution in [2.45, 2.75) is 37.8 Å². The minimum absolute atomic E-state index is 0. The Morgan fingerprint density at radius 1 is 1.42 bits per heavy atom. The second kappa shape index (κ2) is 9.83. The minimum atomic E-state index is -3.66. The van der Waals surface area contributed by atoms with Gasteiger partial charge in [-0.1, -0.05) is 6.92 Å². The van der Waals surface area contributed by atoms with E-state index in [0.29, 0.717) is 17.7 Å². The number of carbonyl (C=O) groups excluding carboxylic acids is 1.